The third kappa shape index (κ3) is 5.27. The molecule has 0 spiro atoms. The molecule has 1 rings (SSSR count). The number of thiazole rings is 1. The zero-order chi connectivity index (χ0) is 13.5. The molecule has 3 nitrogen and oxygen atoms in total. The summed E-state index contributed by atoms with van der Waals surface area (Å²) in [6.07, 6.45) is 3.12. The highest BCUT2D eigenvalue weighted by Gasteiger charge is 2.15. The van der Waals surface area contributed by atoms with Crippen LogP contribution in [0.3, 0.4) is 0 Å². The maximum Gasteiger partial charge on any atom is 0.139 e. The maximum absolute atomic E-state index is 11.9. The lowest BCUT2D eigenvalue weighted by atomic mass is 9.87. The molecular formula is C14H24N2OS. The monoisotopic (exact) mass is 268 g/mol. The van der Waals surface area contributed by atoms with Crippen molar-refractivity contribution in [3.63, 3.8) is 0 Å². The molecule has 4 heteroatoms. The molecule has 0 aromatic carbocycles. The van der Waals surface area contributed by atoms with Crippen LogP contribution in [-0.2, 0) is 11.2 Å². The minimum absolute atomic E-state index is 0.298. The van der Waals surface area contributed by atoms with Crippen LogP contribution in [-0.4, -0.2) is 17.3 Å². The average Bonchev–Trinajstić information content (AvgIpc) is 2.69. The molecule has 1 unspecified atom stereocenters. The highest BCUT2D eigenvalue weighted by Crippen LogP contribution is 2.21. The second kappa shape index (κ2) is 7.64. The summed E-state index contributed by atoms with van der Waals surface area (Å²) in [4.78, 5) is 16.2. The van der Waals surface area contributed by atoms with E-state index in [-0.39, 0.29) is 0 Å². The minimum Gasteiger partial charge on any atom is -0.330 e. The summed E-state index contributed by atoms with van der Waals surface area (Å²) in [5.41, 5.74) is 6.61. The second-order valence-corrected chi connectivity index (χ2v) is 6.16. The molecule has 102 valence electrons. The Morgan fingerprint density at radius 2 is 2.17 bits per heavy atom. The highest BCUT2D eigenvalue weighted by molar-refractivity contribution is 7.09. The molecule has 1 atom stereocenters. The second-order valence-electron chi connectivity index (χ2n) is 5.22. The fourth-order valence-corrected chi connectivity index (χ4v) is 2.91. The smallest absolute Gasteiger partial charge is 0.139 e. The topological polar surface area (TPSA) is 56.0 Å². The summed E-state index contributed by atoms with van der Waals surface area (Å²) in [5, 5.41) is 2.94. The van der Waals surface area contributed by atoms with E-state index in [0.717, 1.165) is 23.5 Å². The van der Waals surface area contributed by atoms with Gasteiger partial charge >= 0.3 is 0 Å². The Kier molecular flexibility index (Phi) is 6.50. The van der Waals surface area contributed by atoms with Crippen LogP contribution >= 0.6 is 11.3 Å². The molecule has 18 heavy (non-hydrogen) atoms. The molecule has 0 saturated carbocycles. The van der Waals surface area contributed by atoms with Gasteiger partial charge in [0.05, 0.1) is 6.42 Å². The van der Waals surface area contributed by atoms with Gasteiger partial charge in [-0.1, -0.05) is 13.8 Å². The van der Waals surface area contributed by atoms with Crippen molar-refractivity contribution in [2.75, 3.05) is 6.54 Å². The predicted octanol–water partition coefficient (Wildman–Crippen LogP) is 2.96. The quantitative estimate of drug-likeness (QED) is 0.788. The van der Waals surface area contributed by atoms with Crippen molar-refractivity contribution >= 4 is 17.1 Å². The van der Waals surface area contributed by atoms with Crippen LogP contribution in [0.25, 0.3) is 0 Å². The number of aryl methyl sites for hydroxylation is 1. The molecule has 0 aliphatic rings. The van der Waals surface area contributed by atoms with Gasteiger partial charge in [0.2, 0.25) is 0 Å². The number of hydrogen-bond donors (Lipinski definition) is 1. The van der Waals surface area contributed by atoms with Gasteiger partial charge in [0.15, 0.2) is 0 Å². The molecule has 1 aromatic rings. The lowest BCUT2D eigenvalue weighted by Crippen LogP contribution is -2.16. The van der Waals surface area contributed by atoms with E-state index in [1.54, 1.807) is 11.3 Å². The van der Waals surface area contributed by atoms with Crippen molar-refractivity contribution < 1.29 is 4.79 Å². The van der Waals surface area contributed by atoms with Gasteiger partial charge in [-0.25, -0.2) is 4.98 Å². The van der Waals surface area contributed by atoms with E-state index in [2.05, 4.69) is 18.8 Å². The average molecular weight is 268 g/mol. The maximum atomic E-state index is 11.9. The standard InChI is InChI=1S/C14H24N2OS/c1-10(2)12(6-7-15)4-5-13(17)8-14-16-11(3)9-18-14/h9-10,12H,4-8,15H2,1-3H3. The fourth-order valence-electron chi connectivity index (χ4n) is 2.11. The number of hydrogen-bond acceptors (Lipinski definition) is 4. The van der Waals surface area contributed by atoms with Gasteiger partial charge in [-0.2, -0.15) is 0 Å². The molecule has 0 bridgehead atoms. The van der Waals surface area contributed by atoms with Crippen molar-refractivity contribution in [3.05, 3.63) is 16.1 Å². The number of nitrogens with two attached hydrogens (primary N) is 1. The number of aromatic nitrogens is 1. The summed E-state index contributed by atoms with van der Waals surface area (Å²) < 4.78 is 0. The Balaban J connectivity index is 2.35. The van der Waals surface area contributed by atoms with Gasteiger partial charge in [0.25, 0.3) is 0 Å². The molecule has 0 aliphatic carbocycles. The van der Waals surface area contributed by atoms with Crippen molar-refractivity contribution in [2.24, 2.45) is 17.6 Å². The Bertz CT molecular complexity index is 374. The lowest BCUT2D eigenvalue weighted by molar-refractivity contribution is -0.118. The van der Waals surface area contributed by atoms with Crippen LogP contribution in [0.15, 0.2) is 5.38 Å². The first-order valence-electron chi connectivity index (χ1n) is 6.65. The van der Waals surface area contributed by atoms with Crippen molar-refractivity contribution in [1.82, 2.24) is 4.98 Å². The first kappa shape index (κ1) is 15.3. The van der Waals surface area contributed by atoms with Crippen LogP contribution in [0, 0.1) is 18.8 Å². The molecule has 0 fully saturated rings. The van der Waals surface area contributed by atoms with Crippen LogP contribution in [0.2, 0.25) is 0 Å². The summed E-state index contributed by atoms with van der Waals surface area (Å²) in [6.45, 7) is 7.08. The van der Waals surface area contributed by atoms with E-state index in [4.69, 9.17) is 5.73 Å². The van der Waals surface area contributed by atoms with Crippen LogP contribution < -0.4 is 5.73 Å². The number of ketones is 1. The molecular weight excluding hydrogens is 244 g/mol. The predicted molar refractivity (Wildman–Crippen MR) is 76.8 cm³/mol. The van der Waals surface area contributed by atoms with Gasteiger partial charge in [-0.05, 0) is 38.1 Å². The Labute approximate surface area is 114 Å². The summed E-state index contributed by atoms with van der Waals surface area (Å²) >= 11 is 1.58. The number of Topliss-reactive ketones (excluding diaryl/α,β-unsaturated/α-hetero) is 1. The Morgan fingerprint density at radius 3 is 2.67 bits per heavy atom. The van der Waals surface area contributed by atoms with Crippen LogP contribution in [0.4, 0.5) is 0 Å². The summed E-state index contributed by atoms with van der Waals surface area (Å²) in [5.74, 6) is 1.47. The van der Waals surface area contributed by atoms with Gasteiger partial charge < -0.3 is 5.73 Å². The van der Waals surface area contributed by atoms with Crippen LogP contribution in [0.5, 0.6) is 0 Å². The van der Waals surface area contributed by atoms with E-state index < -0.39 is 0 Å². The number of nitrogens with zero attached hydrogens (tertiary/aromatic N) is 1. The number of rotatable bonds is 8. The van der Waals surface area contributed by atoms with Crippen molar-refractivity contribution in [2.45, 2.75) is 46.5 Å². The number of carbonyl (C=O) groups excluding carboxylic acids is 1. The Morgan fingerprint density at radius 1 is 1.44 bits per heavy atom. The minimum atomic E-state index is 0.298. The zero-order valence-electron chi connectivity index (χ0n) is 11.6. The van der Waals surface area contributed by atoms with E-state index in [9.17, 15) is 4.79 Å². The SMILES string of the molecule is Cc1csc(CC(=O)CCC(CCN)C(C)C)n1. The third-order valence-electron chi connectivity index (χ3n) is 3.29. The van der Waals surface area contributed by atoms with E-state index in [1.807, 2.05) is 12.3 Å². The Hall–Kier alpha value is -0.740. The molecule has 1 heterocycles. The van der Waals surface area contributed by atoms with Crippen molar-refractivity contribution in [3.8, 4) is 0 Å². The zero-order valence-corrected chi connectivity index (χ0v) is 12.4. The molecule has 0 radical (unpaired) electrons. The fraction of sp³-hybridized carbons (Fsp3) is 0.714. The molecule has 0 amide bonds. The van der Waals surface area contributed by atoms with E-state index >= 15 is 0 Å². The normalized spacial score (nSPS) is 12.9. The van der Waals surface area contributed by atoms with E-state index in [0.29, 0.717) is 37.0 Å². The largest absolute Gasteiger partial charge is 0.330 e. The van der Waals surface area contributed by atoms with Gasteiger partial charge in [-0.3, -0.25) is 4.79 Å². The molecule has 0 saturated heterocycles. The van der Waals surface area contributed by atoms with Gasteiger partial charge in [-0.15, -0.1) is 11.3 Å². The van der Waals surface area contributed by atoms with Gasteiger partial charge in [0.1, 0.15) is 10.8 Å². The molecule has 1 aromatic heterocycles. The van der Waals surface area contributed by atoms with Crippen molar-refractivity contribution in [1.29, 1.82) is 0 Å². The highest BCUT2D eigenvalue weighted by atomic mass is 32.1. The van der Waals surface area contributed by atoms with Gasteiger partial charge in [0, 0.05) is 17.5 Å². The summed E-state index contributed by atoms with van der Waals surface area (Å²) in [7, 11) is 0. The lowest BCUT2D eigenvalue weighted by Gasteiger charge is -2.19. The first-order chi connectivity index (χ1) is 8.52. The van der Waals surface area contributed by atoms with E-state index in [1.165, 1.54) is 0 Å². The number of carbonyl (C=O) groups is 1. The summed E-state index contributed by atoms with van der Waals surface area (Å²) in [6, 6.07) is 0. The third-order valence-corrected chi connectivity index (χ3v) is 4.26. The molecule has 0 aliphatic heterocycles. The molecule has 2 N–H and O–H groups in total. The first-order valence-corrected chi connectivity index (χ1v) is 7.53. The van der Waals surface area contributed by atoms with Crippen LogP contribution in [0.1, 0.15) is 43.8 Å².